The normalized spacial score (nSPS) is 12.3. The van der Waals surface area contributed by atoms with E-state index in [1.54, 1.807) is 6.92 Å². The lowest BCUT2D eigenvalue weighted by atomic mass is 9.93. The van der Waals surface area contributed by atoms with Crippen LogP contribution in [0.5, 0.6) is 0 Å². The predicted octanol–water partition coefficient (Wildman–Crippen LogP) is 5.00. The maximum atomic E-state index is 11.1. The van der Waals surface area contributed by atoms with Crippen molar-refractivity contribution in [1.29, 1.82) is 0 Å². The first-order chi connectivity index (χ1) is 10.6. The largest absolute Gasteiger partial charge is 0.481 e. The van der Waals surface area contributed by atoms with Crippen LogP contribution < -0.4 is 0 Å². The minimum absolute atomic E-state index is 0.482. The number of hydrogen-bond acceptors (Lipinski definition) is 1. The van der Waals surface area contributed by atoms with Crippen molar-refractivity contribution >= 4 is 16.7 Å². The molecule has 1 unspecified atom stereocenters. The molecule has 0 saturated carbocycles. The van der Waals surface area contributed by atoms with E-state index < -0.39 is 11.9 Å². The van der Waals surface area contributed by atoms with E-state index in [9.17, 15) is 4.79 Å². The van der Waals surface area contributed by atoms with Gasteiger partial charge in [-0.3, -0.25) is 4.79 Å². The van der Waals surface area contributed by atoms with Crippen molar-refractivity contribution in [3.8, 4) is 11.1 Å². The Hall–Kier alpha value is -2.61. The van der Waals surface area contributed by atoms with Gasteiger partial charge in [0.1, 0.15) is 0 Å². The molecule has 0 aromatic heterocycles. The molecule has 0 radical (unpaired) electrons. The molecule has 0 heterocycles. The van der Waals surface area contributed by atoms with Crippen LogP contribution in [0.25, 0.3) is 21.9 Å². The summed E-state index contributed by atoms with van der Waals surface area (Å²) in [5.41, 5.74) is 4.24. The second-order valence-corrected chi connectivity index (χ2v) is 5.70. The maximum Gasteiger partial charge on any atom is 0.310 e. The molecule has 3 aromatic rings. The van der Waals surface area contributed by atoms with Gasteiger partial charge in [-0.2, -0.15) is 0 Å². The first-order valence-corrected chi connectivity index (χ1v) is 7.39. The zero-order chi connectivity index (χ0) is 15.7. The third kappa shape index (κ3) is 2.60. The highest BCUT2D eigenvalue weighted by molar-refractivity contribution is 5.88. The molecule has 22 heavy (non-hydrogen) atoms. The third-order valence-electron chi connectivity index (χ3n) is 4.18. The Morgan fingerprint density at radius 3 is 2.36 bits per heavy atom. The summed E-state index contributed by atoms with van der Waals surface area (Å²) in [5, 5.41) is 11.6. The number of carboxylic acids is 1. The molecule has 3 aromatic carbocycles. The molecule has 1 atom stereocenters. The SMILES string of the molecule is Cc1cc(C(C)C(=O)O)ccc1-c1ccc2ccccc2c1. The van der Waals surface area contributed by atoms with Gasteiger partial charge in [0.15, 0.2) is 0 Å². The zero-order valence-electron chi connectivity index (χ0n) is 12.7. The Morgan fingerprint density at radius 2 is 1.68 bits per heavy atom. The smallest absolute Gasteiger partial charge is 0.310 e. The summed E-state index contributed by atoms with van der Waals surface area (Å²) in [6, 6.07) is 20.6. The van der Waals surface area contributed by atoms with Crippen molar-refractivity contribution in [3.05, 3.63) is 71.8 Å². The first kappa shape index (κ1) is 14.3. The van der Waals surface area contributed by atoms with Crippen molar-refractivity contribution in [2.75, 3.05) is 0 Å². The van der Waals surface area contributed by atoms with Crippen molar-refractivity contribution in [2.24, 2.45) is 0 Å². The lowest BCUT2D eigenvalue weighted by molar-refractivity contribution is -0.138. The highest BCUT2D eigenvalue weighted by Gasteiger charge is 2.14. The lowest BCUT2D eigenvalue weighted by Gasteiger charge is -2.12. The van der Waals surface area contributed by atoms with Gasteiger partial charge in [-0.15, -0.1) is 0 Å². The van der Waals surface area contributed by atoms with Crippen LogP contribution in [-0.4, -0.2) is 11.1 Å². The van der Waals surface area contributed by atoms with Gasteiger partial charge in [0.25, 0.3) is 0 Å². The topological polar surface area (TPSA) is 37.3 Å². The molecule has 3 rings (SSSR count). The van der Waals surface area contributed by atoms with Crippen molar-refractivity contribution in [3.63, 3.8) is 0 Å². The fourth-order valence-corrected chi connectivity index (χ4v) is 2.78. The minimum Gasteiger partial charge on any atom is -0.481 e. The molecule has 110 valence electrons. The van der Waals surface area contributed by atoms with E-state index in [1.165, 1.54) is 10.8 Å². The third-order valence-corrected chi connectivity index (χ3v) is 4.18. The predicted molar refractivity (Wildman–Crippen MR) is 90.2 cm³/mol. The van der Waals surface area contributed by atoms with E-state index in [2.05, 4.69) is 30.3 Å². The number of fused-ring (bicyclic) bond motifs is 1. The van der Waals surface area contributed by atoms with E-state index >= 15 is 0 Å². The minimum atomic E-state index is -0.794. The number of aryl methyl sites for hydroxylation is 1. The van der Waals surface area contributed by atoms with Gasteiger partial charge in [0.05, 0.1) is 5.92 Å². The molecule has 0 fully saturated rings. The average Bonchev–Trinajstić information content (AvgIpc) is 2.53. The Balaban J connectivity index is 2.05. The summed E-state index contributed by atoms with van der Waals surface area (Å²) in [7, 11) is 0. The average molecular weight is 290 g/mol. The van der Waals surface area contributed by atoms with Gasteiger partial charge < -0.3 is 5.11 Å². The molecule has 0 spiro atoms. The number of hydrogen-bond donors (Lipinski definition) is 1. The zero-order valence-corrected chi connectivity index (χ0v) is 12.7. The Labute approximate surface area is 130 Å². The molecule has 0 bridgehead atoms. The number of carbonyl (C=O) groups is 1. The summed E-state index contributed by atoms with van der Waals surface area (Å²) in [5.74, 6) is -1.28. The molecule has 2 nitrogen and oxygen atoms in total. The van der Waals surface area contributed by atoms with Gasteiger partial charge >= 0.3 is 5.97 Å². The standard InChI is InChI=1S/C20H18O2/c1-13-11-16(14(2)20(21)22)9-10-19(13)18-8-7-15-5-3-4-6-17(15)12-18/h3-12,14H,1-2H3,(H,21,22). The molecule has 1 N–H and O–H groups in total. The quantitative estimate of drug-likeness (QED) is 0.736. The molecular weight excluding hydrogens is 272 g/mol. The van der Waals surface area contributed by atoms with E-state index in [-0.39, 0.29) is 0 Å². The lowest BCUT2D eigenvalue weighted by Crippen LogP contribution is -2.07. The van der Waals surface area contributed by atoms with Gasteiger partial charge in [0.2, 0.25) is 0 Å². The van der Waals surface area contributed by atoms with Gasteiger partial charge in [0, 0.05) is 0 Å². The molecule has 0 aliphatic heterocycles. The monoisotopic (exact) mass is 290 g/mol. The Morgan fingerprint density at radius 1 is 0.955 bits per heavy atom. The summed E-state index contributed by atoms with van der Waals surface area (Å²) < 4.78 is 0. The second kappa shape index (κ2) is 5.64. The molecular formula is C20H18O2. The Kier molecular flexibility index (Phi) is 3.68. The number of carboxylic acid groups (broad SMARTS) is 1. The van der Waals surface area contributed by atoms with E-state index in [1.807, 2.05) is 37.3 Å². The first-order valence-electron chi connectivity index (χ1n) is 7.39. The van der Waals surface area contributed by atoms with Crippen molar-refractivity contribution < 1.29 is 9.90 Å². The van der Waals surface area contributed by atoms with Crippen LogP contribution >= 0.6 is 0 Å². The summed E-state index contributed by atoms with van der Waals surface area (Å²) >= 11 is 0. The van der Waals surface area contributed by atoms with Gasteiger partial charge in [-0.05, 0) is 52.9 Å². The second-order valence-electron chi connectivity index (χ2n) is 5.70. The number of aliphatic carboxylic acids is 1. The van der Waals surface area contributed by atoms with Crippen molar-refractivity contribution in [2.45, 2.75) is 19.8 Å². The molecule has 0 aliphatic carbocycles. The van der Waals surface area contributed by atoms with Crippen LogP contribution in [0.3, 0.4) is 0 Å². The fourth-order valence-electron chi connectivity index (χ4n) is 2.78. The summed E-state index contributed by atoms with van der Waals surface area (Å²) in [4.78, 5) is 11.1. The van der Waals surface area contributed by atoms with Crippen LogP contribution in [0.4, 0.5) is 0 Å². The van der Waals surface area contributed by atoms with Crippen molar-refractivity contribution in [1.82, 2.24) is 0 Å². The summed E-state index contributed by atoms with van der Waals surface area (Å²) in [6.07, 6.45) is 0. The number of rotatable bonds is 3. The van der Waals surface area contributed by atoms with Crippen LogP contribution in [0.2, 0.25) is 0 Å². The van der Waals surface area contributed by atoms with Crippen LogP contribution in [0, 0.1) is 6.92 Å². The van der Waals surface area contributed by atoms with Gasteiger partial charge in [-0.25, -0.2) is 0 Å². The van der Waals surface area contributed by atoms with E-state index in [0.717, 1.165) is 22.3 Å². The molecule has 2 heteroatoms. The van der Waals surface area contributed by atoms with E-state index in [4.69, 9.17) is 5.11 Å². The van der Waals surface area contributed by atoms with Gasteiger partial charge in [-0.1, -0.05) is 54.6 Å². The molecule has 0 aliphatic rings. The summed E-state index contributed by atoms with van der Waals surface area (Å²) in [6.45, 7) is 3.75. The Bertz CT molecular complexity index is 849. The highest BCUT2D eigenvalue weighted by Crippen LogP contribution is 2.29. The highest BCUT2D eigenvalue weighted by atomic mass is 16.4. The molecule has 0 amide bonds. The molecule has 0 saturated heterocycles. The number of benzene rings is 3. The fraction of sp³-hybridized carbons (Fsp3) is 0.150. The van der Waals surface area contributed by atoms with Crippen LogP contribution in [0.15, 0.2) is 60.7 Å². The van der Waals surface area contributed by atoms with E-state index in [0.29, 0.717) is 0 Å². The van der Waals surface area contributed by atoms with Crippen LogP contribution in [-0.2, 0) is 4.79 Å². The maximum absolute atomic E-state index is 11.1. The van der Waals surface area contributed by atoms with Crippen LogP contribution in [0.1, 0.15) is 24.0 Å².